The van der Waals surface area contributed by atoms with Crippen LogP contribution in [0.1, 0.15) is 19.3 Å². The molecule has 0 radical (unpaired) electrons. The van der Waals surface area contributed by atoms with Gasteiger partial charge in [-0.1, -0.05) is 6.07 Å². The van der Waals surface area contributed by atoms with Crippen molar-refractivity contribution in [2.24, 2.45) is 11.7 Å². The number of hydrogen-bond acceptors (Lipinski definition) is 4. The van der Waals surface area contributed by atoms with Gasteiger partial charge in [-0.05, 0) is 66.8 Å². The summed E-state index contributed by atoms with van der Waals surface area (Å²) in [5.74, 6) is 2.00. The molecule has 134 valence electrons. The van der Waals surface area contributed by atoms with E-state index in [9.17, 15) is 4.79 Å². The molecule has 0 unspecified atom stereocenters. The Morgan fingerprint density at radius 2 is 1.80 bits per heavy atom. The minimum atomic E-state index is -0.170. The molecular weight excluding hydrogens is 318 g/mol. The van der Waals surface area contributed by atoms with E-state index in [0.717, 1.165) is 42.3 Å². The van der Waals surface area contributed by atoms with E-state index < -0.39 is 0 Å². The van der Waals surface area contributed by atoms with Gasteiger partial charge in [-0.25, -0.2) is 4.79 Å². The number of benzene rings is 2. The van der Waals surface area contributed by atoms with Gasteiger partial charge in [0, 0.05) is 11.7 Å². The average molecular weight is 343 g/mol. The Morgan fingerprint density at radius 3 is 2.44 bits per heavy atom. The number of nitrogens with two attached hydrogens (primary N) is 1. The Morgan fingerprint density at radius 1 is 1.12 bits per heavy atom. The maximum absolute atomic E-state index is 12.1. The van der Waals surface area contributed by atoms with Crippen molar-refractivity contribution in [3.63, 3.8) is 0 Å². The normalized spacial score (nSPS) is 19.2. The van der Waals surface area contributed by atoms with Crippen LogP contribution in [0.5, 0.6) is 11.5 Å². The molecule has 6 nitrogen and oxygen atoms in total. The number of methoxy groups -OCH3 is 2. The number of anilines is 1. The molecule has 0 aromatic heterocycles. The largest absolute Gasteiger partial charge is 0.493 e. The van der Waals surface area contributed by atoms with Crippen LogP contribution in [0.2, 0.25) is 0 Å². The molecule has 1 saturated carbocycles. The molecular formula is C19H25N3O3. The van der Waals surface area contributed by atoms with Crippen molar-refractivity contribution in [2.45, 2.75) is 25.3 Å². The zero-order valence-corrected chi connectivity index (χ0v) is 14.7. The van der Waals surface area contributed by atoms with Gasteiger partial charge in [0.15, 0.2) is 11.5 Å². The summed E-state index contributed by atoms with van der Waals surface area (Å²) in [4.78, 5) is 12.1. The first-order valence-electron chi connectivity index (χ1n) is 8.56. The minimum Gasteiger partial charge on any atom is -0.493 e. The fourth-order valence-electron chi connectivity index (χ4n) is 3.33. The predicted octanol–water partition coefficient (Wildman–Crippen LogP) is 3.11. The monoisotopic (exact) mass is 343 g/mol. The number of ether oxygens (including phenoxy) is 2. The van der Waals surface area contributed by atoms with E-state index in [2.05, 4.69) is 10.6 Å². The average Bonchev–Trinajstić information content (AvgIpc) is 2.58. The highest BCUT2D eigenvalue weighted by Gasteiger charge is 2.29. The lowest BCUT2D eigenvalue weighted by atomic mass is 9.78. The number of amides is 2. The Bertz CT molecular complexity index is 757. The third-order valence-corrected chi connectivity index (χ3v) is 4.75. The standard InChI is InChI=1S/C19H25N3O3/c1-24-17-10-13-3-4-15(9-14(13)11-18(17)25-2)21-19(23)22-16-7-12(8-16)5-6-20/h3-4,9-12,16H,5-8,20H2,1-2H3,(H2,21,22,23). The number of hydrogen-bond donors (Lipinski definition) is 3. The second-order valence-corrected chi connectivity index (χ2v) is 6.48. The number of fused-ring (bicyclic) bond motifs is 1. The zero-order valence-electron chi connectivity index (χ0n) is 14.7. The summed E-state index contributed by atoms with van der Waals surface area (Å²) < 4.78 is 10.7. The van der Waals surface area contributed by atoms with Crippen LogP contribution in [-0.4, -0.2) is 32.8 Å². The maximum atomic E-state index is 12.1. The van der Waals surface area contributed by atoms with Crippen molar-refractivity contribution >= 4 is 22.5 Å². The van der Waals surface area contributed by atoms with E-state index in [1.807, 2.05) is 30.3 Å². The SMILES string of the molecule is COc1cc2ccc(NC(=O)NC3CC(CCN)C3)cc2cc1OC. The molecule has 2 aromatic rings. The van der Waals surface area contributed by atoms with Crippen LogP contribution in [0, 0.1) is 5.92 Å². The molecule has 1 aliphatic carbocycles. The third kappa shape index (κ3) is 3.96. The minimum absolute atomic E-state index is 0.170. The van der Waals surface area contributed by atoms with Crippen LogP contribution in [0.3, 0.4) is 0 Å². The highest BCUT2D eigenvalue weighted by atomic mass is 16.5. The van der Waals surface area contributed by atoms with Gasteiger partial charge in [-0.15, -0.1) is 0 Å². The number of nitrogens with one attached hydrogen (secondary N) is 2. The van der Waals surface area contributed by atoms with Crippen molar-refractivity contribution in [2.75, 3.05) is 26.1 Å². The lowest BCUT2D eigenvalue weighted by molar-refractivity contribution is 0.205. The van der Waals surface area contributed by atoms with Crippen LogP contribution in [0.15, 0.2) is 30.3 Å². The quantitative estimate of drug-likeness (QED) is 0.752. The topological polar surface area (TPSA) is 85.6 Å². The highest BCUT2D eigenvalue weighted by molar-refractivity contribution is 5.94. The molecule has 0 heterocycles. The molecule has 0 saturated heterocycles. The van der Waals surface area contributed by atoms with Gasteiger partial charge < -0.3 is 25.8 Å². The van der Waals surface area contributed by atoms with E-state index in [4.69, 9.17) is 15.2 Å². The molecule has 4 N–H and O–H groups in total. The number of carbonyl (C=O) groups excluding carboxylic acids is 1. The molecule has 1 aliphatic rings. The lowest BCUT2D eigenvalue weighted by Crippen LogP contribution is -2.46. The second kappa shape index (κ2) is 7.61. The molecule has 0 spiro atoms. The van der Waals surface area contributed by atoms with Gasteiger partial charge in [0.1, 0.15) is 0 Å². The summed E-state index contributed by atoms with van der Waals surface area (Å²) in [6.45, 7) is 0.717. The van der Waals surface area contributed by atoms with E-state index in [1.54, 1.807) is 14.2 Å². The van der Waals surface area contributed by atoms with E-state index in [-0.39, 0.29) is 12.1 Å². The molecule has 25 heavy (non-hydrogen) atoms. The predicted molar refractivity (Wildman–Crippen MR) is 99.4 cm³/mol. The molecule has 2 amide bonds. The first kappa shape index (κ1) is 17.4. The molecule has 6 heteroatoms. The number of urea groups is 1. The Hall–Kier alpha value is -2.47. The smallest absolute Gasteiger partial charge is 0.319 e. The van der Waals surface area contributed by atoms with E-state index >= 15 is 0 Å². The fourth-order valence-corrected chi connectivity index (χ4v) is 3.33. The Labute approximate surface area is 147 Å². The van der Waals surface area contributed by atoms with Gasteiger partial charge in [0.05, 0.1) is 14.2 Å². The van der Waals surface area contributed by atoms with Gasteiger partial charge >= 0.3 is 6.03 Å². The van der Waals surface area contributed by atoms with Gasteiger partial charge in [0.2, 0.25) is 0 Å². The van der Waals surface area contributed by atoms with Crippen LogP contribution in [-0.2, 0) is 0 Å². The summed E-state index contributed by atoms with van der Waals surface area (Å²) in [7, 11) is 3.22. The van der Waals surface area contributed by atoms with Crippen molar-refractivity contribution in [3.05, 3.63) is 30.3 Å². The number of carbonyl (C=O) groups is 1. The van der Waals surface area contributed by atoms with E-state index in [0.29, 0.717) is 17.4 Å². The number of rotatable bonds is 6. The Kier molecular flexibility index (Phi) is 5.28. The van der Waals surface area contributed by atoms with Crippen LogP contribution in [0.25, 0.3) is 10.8 Å². The van der Waals surface area contributed by atoms with Crippen molar-refractivity contribution in [1.29, 1.82) is 0 Å². The van der Waals surface area contributed by atoms with Gasteiger partial charge in [0.25, 0.3) is 0 Å². The molecule has 1 fully saturated rings. The third-order valence-electron chi connectivity index (χ3n) is 4.75. The molecule has 0 aliphatic heterocycles. The summed E-state index contributed by atoms with van der Waals surface area (Å²) in [5.41, 5.74) is 6.30. The van der Waals surface area contributed by atoms with Crippen molar-refractivity contribution < 1.29 is 14.3 Å². The van der Waals surface area contributed by atoms with Gasteiger partial charge in [-0.3, -0.25) is 0 Å². The Balaban J connectivity index is 1.64. The first-order valence-corrected chi connectivity index (χ1v) is 8.56. The summed E-state index contributed by atoms with van der Waals surface area (Å²) in [5, 5.41) is 7.90. The fraction of sp³-hybridized carbons (Fsp3) is 0.421. The second-order valence-electron chi connectivity index (χ2n) is 6.48. The summed E-state index contributed by atoms with van der Waals surface area (Å²) >= 11 is 0. The molecule has 2 aromatic carbocycles. The first-order chi connectivity index (χ1) is 12.1. The summed E-state index contributed by atoms with van der Waals surface area (Å²) in [6.07, 6.45) is 3.06. The van der Waals surface area contributed by atoms with E-state index in [1.165, 1.54) is 0 Å². The highest BCUT2D eigenvalue weighted by Crippen LogP contribution is 2.33. The van der Waals surface area contributed by atoms with Crippen molar-refractivity contribution in [1.82, 2.24) is 5.32 Å². The molecule has 3 rings (SSSR count). The molecule has 0 bridgehead atoms. The van der Waals surface area contributed by atoms with Gasteiger partial charge in [-0.2, -0.15) is 0 Å². The van der Waals surface area contributed by atoms with Crippen LogP contribution in [0.4, 0.5) is 10.5 Å². The lowest BCUT2D eigenvalue weighted by Gasteiger charge is -2.35. The van der Waals surface area contributed by atoms with Crippen LogP contribution < -0.4 is 25.8 Å². The zero-order chi connectivity index (χ0) is 17.8. The summed E-state index contributed by atoms with van der Waals surface area (Å²) in [6, 6.07) is 9.66. The maximum Gasteiger partial charge on any atom is 0.319 e. The van der Waals surface area contributed by atoms with Crippen molar-refractivity contribution in [3.8, 4) is 11.5 Å². The molecule has 0 atom stereocenters. The van der Waals surface area contributed by atoms with Crippen LogP contribution >= 0.6 is 0 Å².